The maximum Gasteiger partial charge on any atom is 0.253 e. The Bertz CT molecular complexity index is 475. The largest absolute Gasteiger partial charge is 0.338 e. The molecule has 1 aromatic rings. The van der Waals surface area contributed by atoms with Crippen molar-refractivity contribution in [2.24, 2.45) is 11.7 Å². The highest BCUT2D eigenvalue weighted by atomic mass is 19.1. The van der Waals surface area contributed by atoms with E-state index in [1.165, 1.54) is 6.07 Å². The molecule has 1 amide bonds. The lowest BCUT2D eigenvalue weighted by Gasteiger charge is -2.29. The minimum Gasteiger partial charge on any atom is -0.338 e. The molecule has 0 radical (unpaired) electrons. The topological polar surface area (TPSA) is 46.3 Å². The Hall–Kier alpha value is -1.42. The number of rotatable bonds is 3. The van der Waals surface area contributed by atoms with Gasteiger partial charge >= 0.3 is 0 Å². The lowest BCUT2D eigenvalue weighted by atomic mass is 10.0. The van der Waals surface area contributed by atoms with E-state index >= 15 is 0 Å². The van der Waals surface area contributed by atoms with Crippen molar-refractivity contribution in [1.82, 2.24) is 4.90 Å². The van der Waals surface area contributed by atoms with Gasteiger partial charge in [0.25, 0.3) is 5.91 Å². The number of carbonyl (C=O) groups is 1. The lowest BCUT2D eigenvalue weighted by molar-refractivity contribution is 0.0699. The predicted molar refractivity (Wildman–Crippen MR) is 73.4 cm³/mol. The number of hydrogen-bond donors (Lipinski definition) is 1. The van der Waals surface area contributed by atoms with Crippen LogP contribution in [0.25, 0.3) is 0 Å². The van der Waals surface area contributed by atoms with Crippen molar-refractivity contribution in [3.8, 4) is 0 Å². The Morgan fingerprint density at radius 3 is 2.84 bits per heavy atom. The first kappa shape index (κ1) is 14.0. The van der Waals surface area contributed by atoms with Gasteiger partial charge in [0.15, 0.2) is 0 Å². The summed E-state index contributed by atoms with van der Waals surface area (Å²) >= 11 is 0. The van der Waals surface area contributed by atoms with Crippen LogP contribution < -0.4 is 5.73 Å². The van der Waals surface area contributed by atoms with E-state index in [1.807, 2.05) is 7.05 Å². The molecule has 0 saturated heterocycles. The van der Waals surface area contributed by atoms with Crippen LogP contribution in [0.3, 0.4) is 0 Å². The van der Waals surface area contributed by atoms with Crippen LogP contribution in [0, 0.1) is 18.7 Å². The molecule has 0 aliphatic heterocycles. The molecular weight excluding hydrogens is 243 g/mol. The highest BCUT2D eigenvalue weighted by Gasteiger charge is 2.32. The van der Waals surface area contributed by atoms with Gasteiger partial charge in [-0.05, 0) is 56.0 Å². The van der Waals surface area contributed by atoms with E-state index in [1.54, 1.807) is 24.0 Å². The average Bonchev–Trinajstić information content (AvgIpc) is 2.88. The molecule has 2 unspecified atom stereocenters. The molecule has 104 valence electrons. The van der Waals surface area contributed by atoms with E-state index in [0.29, 0.717) is 23.6 Å². The van der Waals surface area contributed by atoms with Gasteiger partial charge in [0, 0.05) is 18.7 Å². The molecular formula is C15H21FN2O. The summed E-state index contributed by atoms with van der Waals surface area (Å²) in [5.74, 6) is 0.0591. The minimum atomic E-state index is -0.278. The van der Waals surface area contributed by atoms with Crippen LogP contribution in [0.5, 0.6) is 0 Å². The molecule has 0 aromatic heterocycles. The minimum absolute atomic E-state index is 0.0477. The molecule has 1 aliphatic carbocycles. The van der Waals surface area contributed by atoms with Crippen LogP contribution in [0.15, 0.2) is 18.2 Å². The zero-order chi connectivity index (χ0) is 14.0. The molecule has 2 atom stereocenters. The second kappa shape index (κ2) is 5.70. The summed E-state index contributed by atoms with van der Waals surface area (Å²) in [6.07, 6.45) is 3.21. The summed E-state index contributed by atoms with van der Waals surface area (Å²) in [7, 11) is 1.82. The second-order valence-electron chi connectivity index (χ2n) is 5.37. The van der Waals surface area contributed by atoms with Gasteiger partial charge in [0.05, 0.1) is 0 Å². The quantitative estimate of drug-likeness (QED) is 0.910. The van der Waals surface area contributed by atoms with Crippen molar-refractivity contribution < 1.29 is 9.18 Å². The van der Waals surface area contributed by atoms with Gasteiger partial charge in [-0.15, -0.1) is 0 Å². The molecule has 0 spiro atoms. The Labute approximate surface area is 113 Å². The molecule has 4 heteroatoms. The third kappa shape index (κ3) is 2.78. The van der Waals surface area contributed by atoms with Crippen LogP contribution in [0.1, 0.15) is 35.2 Å². The molecule has 1 aromatic carbocycles. The predicted octanol–water partition coefficient (Wildman–Crippen LogP) is 2.33. The molecule has 1 fully saturated rings. The Morgan fingerprint density at radius 1 is 1.47 bits per heavy atom. The van der Waals surface area contributed by atoms with Crippen molar-refractivity contribution >= 4 is 5.91 Å². The zero-order valence-electron chi connectivity index (χ0n) is 11.5. The van der Waals surface area contributed by atoms with Crippen LogP contribution in [0.2, 0.25) is 0 Å². The van der Waals surface area contributed by atoms with Crippen LogP contribution in [-0.2, 0) is 0 Å². The number of carbonyl (C=O) groups excluding carboxylic acids is 1. The summed E-state index contributed by atoms with van der Waals surface area (Å²) in [4.78, 5) is 14.2. The Balaban J connectivity index is 2.16. The number of benzene rings is 1. The highest BCUT2D eigenvalue weighted by molar-refractivity contribution is 5.94. The summed E-state index contributed by atoms with van der Waals surface area (Å²) in [5, 5.41) is 0. The van der Waals surface area contributed by atoms with Crippen LogP contribution >= 0.6 is 0 Å². The van der Waals surface area contributed by atoms with Crippen LogP contribution in [-0.4, -0.2) is 30.4 Å². The van der Waals surface area contributed by atoms with Gasteiger partial charge in [-0.1, -0.05) is 6.42 Å². The molecule has 2 rings (SSSR count). The SMILES string of the molecule is Cc1cc(C(=O)N(C)C2CCCC2CN)ccc1F. The van der Waals surface area contributed by atoms with Gasteiger partial charge in [-0.2, -0.15) is 0 Å². The zero-order valence-corrected chi connectivity index (χ0v) is 11.5. The molecule has 2 N–H and O–H groups in total. The fourth-order valence-corrected chi connectivity index (χ4v) is 2.93. The maximum absolute atomic E-state index is 13.2. The van der Waals surface area contributed by atoms with Crippen molar-refractivity contribution in [1.29, 1.82) is 0 Å². The van der Waals surface area contributed by atoms with Crippen molar-refractivity contribution in [3.05, 3.63) is 35.1 Å². The average molecular weight is 264 g/mol. The fraction of sp³-hybridized carbons (Fsp3) is 0.533. The van der Waals surface area contributed by atoms with Gasteiger partial charge in [-0.25, -0.2) is 4.39 Å². The normalized spacial score (nSPS) is 22.5. The third-order valence-electron chi connectivity index (χ3n) is 4.14. The van der Waals surface area contributed by atoms with Gasteiger partial charge in [0.2, 0.25) is 0 Å². The van der Waals surface area contributed by atoms with E-state index in [2.05, 4.69) is 0 Å². The number of amides is 1. The molecule has 0 heterocycles. The van der Waals surface area contributed by atoms with Gasteiger partial charge < -0.3 is 10.6 Å². The number of nitrogens with zero attached hydrogens (tertiary/aromatic N) is 1. The highest BCUT2D eigenvalue weighted by Crippen LogP contribution is 2.29. The van der Waals surface area contributed by atoms with Gasteiger partial charge in [-0.3, -0.25) is 4.79 Å². The van der Waals surface area contributed by atoms with Crippen molar-refractivity contribution in [2.45, 2.75) is 32.2 Å². The molecule has 19 heavy (non-hydrogen) atoms. The maximum atomic E-state index is 13.2. The van der Waals surface area contributed by atoms with E-state index in [4.69, 9.17) is 5.73 Å². The van der Waals surface area contributed by atoms with E-state index in [0.717, 1.165) is 19.3 Å². The summed E-state index contributed by atoms with van der Waals surface area (Å²) in [6, 6.07) is 4.72. The molecule has 0 bridgehead atoms. The molecule has 1 aliphatic rings. The van der Waals surface area contributed by atoms with E-state index in [9.17, 15) is 9.18 Å². The smallest absolute Gasteiger partial charge is 0.253 e. The summed E-state index contributed by atoms with van der Waals surface area (Å²) in [6.45, 7) is 2.29. The van der Waals surface area contributed by atoms with E-state index in [-0.39, 0.29) is 17.8 Å². The summed E-state index contributed by atoms with van der Waals surface area (Å²) < 4.78 is 13.2. The van der Waals surface area contributed by atoms with Crippen LogP contribution in [0.4, 0.5) is 4.39 Å². The second-order valence-corrected chi connectivity index (χ2v) is 5.37. The molecule has 1 saturated carbocycles. The summed E-state index contributed by atoms with van der Waals surface area (Å²) in [5.41, 5.74) is 6.80. The first-order chi connectivity index (χ1) is 9.04. The third-order valence-corrected chi connectivity index (χ3v) is 4.14. The van der Waals surface area contributed by atoms with Crippen molar-refractivity contribution in [3.63, 3.8) is 0 Å². The monoisotopic (exact) mass is 264 g/mol. The van der Waals surface area contributed by atoms with Crippen molar-refractivity contribution in [2.75, 3.05) is 13.6 Å². The first-order valence-corrected chi connectivity index (χ1v) is 6.78. The Morgan fingerprint density at radius 2 is 2.21 bits per heavy atom. The lowest BCUT2D eigenvalue weighted by Crippen LogP contribution is -2.41. The number of hydrogen-bond acceptors (Lipinski definition) is 2. The Kier molecular flexibility index (Phi) is 4.20. The standard InChI is InChI=1S/C15H21FN2O/c1-10-8-11(6-7-13(10)16)15(19)18(2)14-5-3-4-12(14)9-17/h6-8,12,14H,3-5,9,17H2,1-2H3. The fourth-order valence-electron chi connectivity index (χ4n) is 2.93. The number of halogens is 1. The number of aryl methyl sites for hydroxylation is 1. The molecule has 3 nitrogen and oxygen atoms in total. The number of nitrogens with two attached hydrogens (primary N) is 1. The van der Waals surface area contributed by atoms with Gasteiger partial charge in [0.1, 0.15) is 5.82 Å². The van der Waals surface area contributed by atoms with E-state index < -0.39 is 0 Å². The first-order valence-electron chi connectivity index (χ1n) is 6.78.